The van der Waals surface area contributed by atoms with Crippen LogP contribution in [0.25, 0.3) is 0 Å². The van der Waals surface area contributed by atoms with Crippen molar-refractivity contribution in [3.63, 3.8) is 0 Å². The van der Waals surface area contributed by atoms with E-state index in [0.29, 0.717) is 17.3 Å². The van der Waals surface area contributed by atoms with E-state index < -0.39 is 10.8 Å². The number of guanidine groups is 1. The fourth-order valence-corrected chi connectivity index (χ4v) is 5.11. The van der Waals surface area contributed by atoms with Crippen molar-refractivity contribution in [1.29, 1.82) is 0 Å². The third kappa shape index (κ3) is 6.53. The molecule has 1 heterocycles. The van der Waals surface area contributed by atoms with Gasteiger partial charge in [-0.15, -0.1) is 0 Å². The predicted molar refractivity (Wildman–Crippen MR) is 108 cm³/mol. The number of hydrogen-bond acceptors (Lipinski definition) is 4. The Morgan fingerprint density at radius 2 is 2.04 bits per heavy atom. The van der Waals surface area contributed by atoms with Gasteiger partial charge in [-0.05, 0) is 40.3 Å². The highest BCUT2D eigenvalue weighted by atomic mass is 32.2. The first-order valence-corrected chi connectivity index (χ1v) is 11.2. The molecule has 2 fully saturated rings. The lowest BCUT2D eigenvalue weighted by Crippen LogP contribution is -2.52. The Bertz CT molecular complexity index is 459. The highest BCUT2D eigenvalue weighted by Crippen LogP contribution is 2.23. The van der Waals surface area contributed by atoms with Crippen LogP contribution in [0.3, 0.4) is 0 Å². The van der Waals surface area contributed by atoms with Crippen LogP contribution in [0.4, 0.5) is 0 Å². The first-order chi connectivity index (χ1) is 12.0. The van der Waals surface area contributed by atoms with Crippen molar-refractivity contribution in [2.24, 2.45) is 4.99 Å². The lowest BCUT2D eigenvalue weighted by molar-refractivity contribution is 0.119. The van der Waals surface area contributed by atoms with Crippen LogP contribution in [0.15, 0.2) is 4.99 Å². The van der Waals surface area contributed by atoms with Gasteiger partial charge in [0.1, 0.15) is 0 Å². The Morgan fingerprint density at radius 1 is 1.24 bits per heavy atom. The van der Waals surface area contributed by atoms with Gasteiger partial charge in [-0.1, -0.05) is 13.3 Å². The molecule has 0 bridgehead atoms. The third-order valence-electron chi connectivity index (χ3n) is 5.41. The summed E-state index contributed by atoms with van der Waals surface area (Å²) in [6.07, 6.45) is 4.40. The highest BCUT2D eigenvalue weighted by Gasteiger charge is 2.26. The second-order valence-electron chi connectivity index (χ2n) is 7.42. The number of hydrogen-bond donors (Lipinski definition) is 2. The minimum atomic E-state index is -0.682. The van der Waals surface area contributed by atoms with E-state index in [4.69, 9.17) is 4.99 Å². The minimum Gasteiger partial charge on any atom is -0.357 e. The van der Waals surface area contributed by atoms with Crippen molar-refractivity contribution in [2.45, 2.75) is 56.9 Å². The van der Waals surface area contributed by atoms with E-state index >= 15 is 0 Å². The molecule has 146 valence electrons. The molecule has 0 radical (unpaired) electrons. The SMILES string of the molecule is CCNC(=NCC1CN(C)CCN1C)NC1CCCC(S(=O)CC)C1. The standard InChI is InChI=1S/C18H37N5OS/c1-5-19-18(20-13-16-14-22(3)10-11-23(16)4)21-15-8-7-9-17(12-15)25(24)6-2/h15-17H,5-14H2,1-4H3,(H2,19,20,21). The van der Waals surface area contributed by atoms with Crippen molar-refractivity contribution in [3.8, 4) is 0 Å². The normalized spacial score (nSPS) is 30.9. The largest absolute Gasteiger partial charge is 0.357 e. The number of rotatable bonds is 6. The molecule has 7 heteroatoms. The van der Waals surface area contributed by atoms with Gasteiger partial charge in [0.25, 0.3) is 0 Å². The summed E-state index contributed by atoms with van der Waals surface area (Å²) in [7, 11) is 3.70. The van der Waals surface area contributed by atoms with Crippen molar-refractivity contribution < 1.29 is 4.21 Å². The van der Waals surface area contributed by atoms with Crippen LogP contribution < -0.4 is 10.6 Å². The van der Waals surface area contributed by atoms with E-state index in [9.17, 15) is 4.21 Å². The van der Waals surface area contributed by atoms with E-state index in [1.165, 1.54) is 0 Å². The molecule has 1 aliphatic heterocycles. The summed E-state index contributed by atoms with van der Waals surface area (Å²) >= 11 is 0. The summed E-state index contributed by atoms with van der Waals surface area (Å²) in [4.78, 5) is 9.65. The lowest BCUT2D eigenvalue weighted by atomic mass is 9.95. The van der Waals surface area contributed by atoms with E-state index in [1.54, 1.807) is 0 Å². The predicted octanol–water partition coefficient (Wildman–Crippen LogP) is 0.867. The first-order valence-electron chi connectivity index (χ1n) is 9.84. The smallest absolute Gasteiger partial charge is 0.191 e. The molecule has 1 saturated carbocycles. The van der Waals surface area contributed by atoms with Gasteiger partial charge in [0.05, 0.1) is 6.54 Å². The average molecular weight is 372 g/mol. The molecule has 4 atom stereocenters. The van der Waals surface area contributed by atoms with E-state index in [2.05, 4.69) is 41.5 Å². The van der Waals surface area contributed by atoms with Gasteiger partial charge in [0.15, 0.2) is 5.96 Å². The van der Waals surface area contributed by atoms with Gasteiger partial charge in [0.2, 0.25) is 0 Å². The molecule has 0 spiro atoms. The molecule has 1 saturated heterocycles. The van der Waals surface area contributed by atoms with E-state index in [-0.39, 0.29) is 0 Å². The van der Waals surface area contributed by atoms with Crippen LogP contribution in [-0.2, 0) is 10.8 Å². The van der Waals surface area contributed by atoms with E-state index in [0.717, 1.165) is 70.1 Å². The number of nitrogens with zero attached hydrogens (tertiary/aromatic N) is 3. The van der Waals surface area contributed by atoms with E-state index in [1.807, 2.05) is 6.92 Å². The monoisotopic (exact) mass is 371 g/mol. The molecular formula is C18H37N5OS. The van der Waals surface area contributed by atoms with Crippen LogP contribution in [0.5, 0.6) is 0 Å². The van der Waals surface area contributed by atoms with Crippen molar-refractivity contribution in [3.05, 3.63) is 0 Å². The highest BCUT2D eigenvalue weighted by molar-refractivity contribution is 7.85. The van der Waals surface area contributed by atoms with Gasteiger partial charge < -0.3 is 15.5 Å². The molecule has 25 heavy (non-hydrogen) atoms. The summed E-state index contributed by atoms with van der Waals surface area (Å²) in [5, 5.41) is 7.33. The fourth-order valence-electron chi connectivity index (χ4n) is 3.76. The van der Waals surface area contributed by atoms with Crippen LogP contribution in [-0.4, -0.2) is 89.9 Å². The topological polar surface area (TPSA) is 60.0 Å². The summed E-state index contributed by atoms with van der Waals surface area (Å²) in [6, 6.07) is 0.861. The summed E-state index contributed by atoms with van der Waals surface area (Å²) in [6.45, 7) is 9.11. The maximum Gasteiger partial charge on any atom is 0.191 e. The summed E-state index contributed by atoms with van der Waals surface area (Å²) in [5.41, 5.74) is 0. The number of likely N-dealkylation sites (N-methyl/N-ethyl adjacent to an activating group) is 2. The van der Waals surface area contributed by atoms with Gasteiger partial charge in [-0.3, -0.25) is 14.1 Å². The van der Waals surface area contributed by atoms with Crippen LogP contribution in [0.2, 0.25) is 0 Å². The third-order valence-corrected chi connectivity index (χ3v) is 7.15. The fraction of sp³-hybridized carbons (Fsp3) is 0.944. The molecular weight excluding hydrogens is 334 g/mol. The van der Waals surface area contributed by atoms with Crippen molar-refractivity contribution in [1.82, 2.24) is 20.4 Å². The average Bonchev–Trinajstić information content (AvgIpc) is 2.62. The van der Waals surface area contributed by atoms with Crippen molar-refractivity contribution in [2.75, 3.05) is 52.6 Å². The molecule has 0 aromatic carbocycles. The number of nitrogens with one attached hydrogen (secondary N) is 2. The molecule has 2 N–H and O–H groups in total. The second kappa shape index (κ2) is 10.5. The molecule has 1 aliphatic carbocycles. The number of aliphatic imine (C=N–C) groups is 1. The van der Waals surface area contributed by atoms with Crippen LogP contribution >= 0.6 is 0 Å². The molecule has 2 aliphatic rings. The molecule has 2 rings (SSSR count). The van der Waals surface area contributed by atoms with Gasteiger partial charge >= 0.3 is 0 Å². The molecule has 6 nitrogen and oxygen atoms in total. The van der Waals surface area contributed by atoms with Crippen molar-refractivity contribution >= 4 is 16.8 Å². The summed E-state index contributed by atoms with van der Waals surface area (Å²) < 4.78 is 12.2. The Morgan fingerprint density at radius 3 is 2.76 bits per heavy atom. The molecule has 0 amide bonds. The van der Waals surface area contributed by atoms with Gasteiger partial charge in [-0.2, -0.15) is 0 Å². The molecule has 0 aromatic rings. The molecule has 0 aromatic heterocycles. The maximum absolute atomic E-state index is 12.2. The summed E-state index contributed by atoms with van der Waals surface area (Å²) in [5.74, 6) is 1.68. The Hall–Kier alpha value is -0.660. The van der Waals surface area contributed by atoms with Crippen LogP contribution in [0, 0.1) is 0 Å². The zero-order chi connectivity index (χ0) is 18.2. The second-order valence-corrected chi connectivity index (χ2v) is 9.42. The van der Waals surface area contributed by atoms with Gasteiger partial charge in [-0.25, -0.2) is 0 Å². The quantitative estimate of drug-likeness (QED) is 0.536. The maximum atomic E-state index is 12.2. The lowest BCUT2D eigenvalue weighted by Gasteiger charge is -2.37. The molecule has 4 unspecified atom stereocenters. The van der Waals surface area contributed by atoms with Crippen LogP contribution in [0.1, 0.15) is 39.5 Å². The number of piperazine rings is 1. The van der Waals surface area contributed by atoms with Gasteiger partial charge in [0, 0.05) is 60.1 Å². The first kappa shape index (κ1) is 20.6. The zero-order valence-electron chi connectivity index (χ0n) is 16.5. The minimum absolute atomic E-state index is 0.345. The Balaban J connectivity index is 1.91. The Labute approximate surface area is 156 Å². The Kier molecular flexibility index (Phi) is 8.66. The zero-order valence-corrected chi connectivity index (χ0v) is 17.3.